The van der Waals surface area contributed by atoms with Gasteiger partial charge in [0.05, 0.1) is 0 Å². The molecule has 0 amide bonds. The van der Waals surface area contributed by atoms with Gasteiger partial charge in [-0.05, 0) is 51.9 Å². The Bertz CT molecular complexity index is 186. The van der Waals surface area contributed by atoms with Gasteiger partial charge < -0.3 is 38.9 Å². The number of nitrogens with one attached hydrogen (secondary N) is 3. The van der Waals surface area contributed by atoms with E-state index < -0.39 is 0 Å². The van der Waals surface area contributed by atoms with Crippen LogP contribution < -0.4 is 38.9 Å². The zero-order valence-corrected chi connectivity index (χ0v) is 16.5. The van der Waals surface area contributed by atoms with Crippen LogP contribution in [0.15, 0.2) is 0 Å². The molecule has 11 N–H and O–H groups in total. The second-order valence-corrected chi connectivity index (χ2v) is 6.23. The molecule has 0 rings (SSSR count). The first-order valence-electron chi connectivity index (χ1n) is 10.3. The third kappa shape index (κ3) is 31.9. The highest BCUT2D eigenvalue weighted by Crippen LogP contribution is 1.98. The maximum Gasteiger partial charge on any atom is 0.00772 e. The Hall–Kier alpha value is -0.280. The second-order valence-electron chi connectivity index (χ2n) is 6.23. The molecule has 7 heteroatoms. The predicted molar refractivity (Wildman–Crippen MR) is 112 cm³/mol. The quantitative estimate of drug-likeness (QED) is 0.157. The summed E-state index contributed by atoms with van der Waals surface area (Å²) in [6.45, 7) is 9.16. The Morgan fingerprint density at radius 1 is 0.320 bits per heavy atom. The highest BCUT2D eigenvalue weighted by atomic mass is 14.9. The van der Waals surface area contributed by atoms with Gasteiger partial charge in [0.25, 0.3) is 0 Å². The van der Waals surface area contributed by atoms with Crippen molar-refractivity contribution in [3.8, 4) is 0 Å². The fourth-order valence-electron chi connectivity index (χ4n) is 2.25. The van der Waals surface area contributed by atoms with Crippen molar-refractivity contribution >= 4 is 0 Å². The molecule has 25 heavy (non-hydrogen) atoms. The van der Waals surface area contributed by atoms with Crippen LogP contribution in [0.5, 0.6) is 0 Å². The van der Waals surface area contributed by atoms with E-state index in [1.54, 1.807) is 0 Å². The summed E-state index contributed by atoms with van der Waals surface area (Å²) in [5.41, 5.74) is 21.4. The monoisotopic (exact) mass is 361 g/mol. The van der Waals surface area contributed by atoms with Crippen molar-refractivity contribution in [3.63, 3.8) is 0 Å². The normalized spacial score (nSPS) is 10.6. The average Bonchev–Trinajstić information content (AvgIpc) is 2.63. The van der Waals surface area contributed by atoms with Gasteiger partial charge >= 0.3 is 0 Å². The molecule has 0 aromatic carbocycles. The molecule has 0 aromatic rings. The minimum Gasteiger partial charge on any atom is -0.330 e. The number of hydrogen-bond acceptors (Lipinski definition) is 7. The SMILES string of the molecule is NCCCCCCNCCCCCCN.NCCNCCNCCN. The van der Waals surface area contributed by atoms with Gasteiger partial charge in [-0.25, -0.2) is 0 Å². The summed E-state index contributed by atoms with van der Waals surface area (Å²) in [4.78, 5) is 0. The van der Waals surface area contributed by atoms with E-state index in [4.69, 9.17) is 22.9 Å². The van der Waals surface area contributed by atoms with Gasteiger partial charge in [-0.15, -0.1) is 0 Å². The van der Waals surface area contributed by atoms with E-state index in [1.165, 1.54) is 64.5 Å². The topological polar surface area (TPSA) is 140 Å². The molecule has 7 nitrogen and oxygen atoms in total. The molecule has 0 heterocycles. The van der Waals surface area contributed by atoms with E-state index in [2.05, 4.69) is 16.0 Å². The van der Waals surface area contributed by atoms with Crippen molar-refractivity contribution < 1.29 is 0 Å². The first-order chi connectivity index (χ1) is 12.3. The van der Waals surface area contributed by atoms with Crippen LogP contribution in [0.25, 0.3) is 0 Å². The molecule has 0 saturated carbocycles. The second kappa shape index (κ2) is 28.5. The van der Waals surface area contributed by atoms with Crippen molar-refractivity contribution in [1.82, 2.24) is 16.0 Å². The van der Waals surface area contributed by atoms with Crippen molar-refractivity contribution in [2.24, 2.45) is 22.9 Å². The lowest BCUT2D eigenvalue weighted by Gasteiger charge is -2.04. The standard InChI is InChI=1S/C12H29N3.C6H18N4/c13-9-5-1-3-7-11-15-12-8-4-2-6-10-14;7-1-3-9-5-6-10-4-2-8/h15H,1-14H2;9-10H,1-8H2. The van der Waals surface area contributed by atoms with Gasteiger partial charge in [-0.1, -0.05) is 25.7 Å². The summed E-state index contributed by atoms with van der Waals surface area (Å²) in [6, 6.07) is 0. The minimum atomic E-state index is 0.705. The molecule has 0 spiro atoms. The molecule has 0 atom stereocenters. The Morgan fingerprint density at radius 2 is 0.680 bits per heavy atom. The Morgan fingerprint density at radius 3 is 1.04 bits per heavy atom. The van der Waals surface area contributed by atoms with E-state index in [0.29, 0.717) is 13.1 Å². The zero-order chi connectivity index (χ0) is 18.8. The summed E-state index contributed by atoms with van der Waals surface area (Å²) in [5.74, 6) is 0. The Balaban J connectivity index is 0. The fraction of sp³-hybridized carbons (Fsp3) is 1.00. The van der Waals surface area contributed by atoms with Gasteiger partial charge in [0, 0.05) is 39.3 Å². The van der Waals surface area contributed by atoms with Crippen LogP contribution in [0.3, 0.4) is 0 Å². The molecule has 0 radical (unpaired) electrons. The van der Waals surface area contributed by atoms with Crippen LogP contribution in [-0.4, -0.2) is 65.4 Å². The minimum absolute atomic E-state index is 0.705. The molecule has 0 aromatic heterocycles. The van der Waals surface area contributed by atoms with Crippen LogP contribution in [0, 0.1) is 0 Å². The first-order valence-corrected chi connectivity index (χ1v) is 10.3. The van der Waals surface area contributed by atoms with Gasteiger partial charge in [-0.3, -0.25) is 0 Å². The van der Waals surface area contributed by atoms with Crippen LogP contribution in [0.2, 0.25) is 0 Å². The number of nitrogens with two attached hydrogens (primary N) is 4. The van der Waals surface area contributed by atoms with E-state index in [0.717, 1.165) is 39.3 Å². The van der Waals surface area contributed by atoms with E-state index >= 15 is 0 Å². The van der Waals surface area contributed by atoms with Crippen LogP contribution in [-0.2, 0) is 0 Å². The summed E-state index contributed by atoms with van der Waals surface area (Å²) < 4.78 is 0. The van der Waals surface area contributed by atoms with E-state index in [9.17, 15) is 0 Å². The van der Waals surface area contributed by atoms with Gasteiger partial charge in [0.2, 0.25) is 0 Å². The smallest absolute Gasteiger partial charge is 0.00772 e. The molecule has 154 valence electrons. The summed E-state index contributed by atoms with van der Waals surface area (Å²) in [5, 5.41) is 9.81. The maximum absolute atomic E-state index is 5.42. The lowest BCUT2D eigenvalue weighted by Crippen LogP contribution is -2.32. The first kappa shape index (κ1) is 26.9. The number of unbranched alkanes of at least 4 members (excludes halogenated alkanes) is 6. The third-order valence-electron chi connectivity index (χ3n) is 3.74. The fourth-order valence-corrected chi connectivity index (χ4v) is 2.25. The van der Waals surface area contributed by atoms with Crippen molar-refractivity contribution in [1.29, 1.82) is 0 Å². The molecule has 0 unspecified atom stereocenters. The molecule has 0 bridgehead atoms. The summed E-state index contributed by atoms with van der Waals surface area (Å²) in [7, 11) is 0. The van der Waals surface area contributed by atoms with E-state index in [-0.39, 0.29) is 0 Å². The third-order valence-corrected chi connectivity index (χ3v) is 3.74. The van der Waals surface area contributed by atoms with Crippen molar-refractivity contribution in [2.45, 2.75) is 51.4 Å². The molecule has 0 aliphatic rings. The Kier molecular flexibility index (Phi) is 30.7. The molecule has 0 saturated heterocycles. The molecule has 0 aliphatic carbocycles. The molecule has 0 fully saturated rings. The van der Waals surface area contributed by atoms with Gasteiger partial charge in [0.15, 0.2) is 0 Å². The van der Waals surface area contributed by atoms with Crippen LogP contribution in [0.1, 0.15) is 51.4 Å². The molecule has 0 aliphatic heterocycles. The van der Waals surface area contributed by atoms with E-state index in [1.807, 2.05) is 0 Å². The maximum atomic E-state index is 5.42. The lowest BCUT2D eigenvalue weighted by molar-refractivity contribution is 0.558. The lowest BCUT2D eigenvalue weighted by atomic mass is 10.2. The Labute approximate surface area is 156 Å². The predicted octanol–water partition coefficient (Wildman–Crippen LogP) is -0.303. The average molecular weight is 362 g/mol. The van der Waals surface area contributed by atoms with Gasteiger partial charge in [-0.2, -0.15) is 0 Å². The largest absolute Gasteiger partial charge is 0.330 e. The highest BCUT2D eigenvalue weighted by Gasteiger charge is 1.91. The summed E-state index contributed by atoms with van der Waals surface area (Å²) in [6.07, 6.45) is 10.2. The zero-order valence-electron chi connectivity index (χ0n) is 16.5. The summed E-state index contributed by atoms with van der Waals surface area (Å²) >= 11 is 0. The van der Waals surface area contributed by atoms with Crippen molar-refractivity contribution in [3.05, 3.63) is 0 Å². The molecular formula is C18H47N7. The number of rotatable bonds is 19. The number of hydrogen-bond donors (Lipinski definition) is 7. The highest BCUT2D eigenvalue weighted by molar-refractivity contribution is 4.52. The van der Waals surface area contributed by atoms with Crippen molar-refractivity contribution in [2.75, 3.05) is 65.4 Å². The van der Waals surface area contributed by atoms with Crippen LogP contribution >= 0.6 is 0 Å². The van der Waals surface area contributed by atoms with Gasteiger partial charge in [0.1, 0.15) is 0 Å². The molecular weight excluding hydrogens is 314 g/mol. The van der Waals surface area contributed by atoms with Crippen LogP contribution in [0.4, 0.5) is 0 Å².